The van der Waals surface area contributed by atoms with Gasteiger partial charge in [0, 0.05) is 74.4 Å². The Bertz CT molecular complexity index is 1100. The van der Waals surface area contributed by atoms with Crippen molar-refractivity contribution in [2.45, 2.75) is 19.8 Å². The molecule has 0 unspecified atom stereocenters. The van der Waals surface area contributed by atoms with Crippen LogP contribution < -0.4 is 9.80 Å². The third-order valence-electron chi connectivity index (χ3n) is 6.66. The number of rotatable bonds is 4. The Balaban J connectivity index is 1.15. The summed E-state index contributed by atoms with van der Waals surface area (Å²) < 4.78 is 1.95. The molecule has 0 saturated carbocycles. The molecule has 0 radical (unpaired) electrons. The van der Waals surface area contributed by atoms with E-state index in [-0.39, 0.29) is 5.92 Å². The third-order valence-corrected chi connectivity index (χ3v) is 6.91. The number of aromatic nitrogens is 4. The number of hydrogen-bond donors (Lipinski definition) is 0. The molecule has 0 bridgehead atoms. The lowest BCUT2D eigenvalue weighted by Crippen LogP contribution is -2.51. The highest BCUT2D eigenvalue weighted by molar-refractivity contribution is 6.30. The van der Waals surface area contributed by atoms with Gasteiger partial charge in [-0.15, -0.1) is 0 Å². The van der Waals surface area contributed by atoms with Gasteiger partial charge in [-0.05, 0) is 44.0 Å². The molecule has 4 heterocycles. The molecule has 2 saturated heterocycles. The second kappa shape index (κ2) is 9.39. The summed E-state index contributed by atoms with van der Waals surface area (Å²) in [5.74, 6) is 2.98. The monoisotopic (exact) mass is 465 g/mol. The average molecular weight is 466 g/mol. The van der Waals surface area contributed by atoms with Gasteiger partial charge in [-0.1, -0.05) is 11.6 Å². The molecule has 172 valence electrons. The molecule has 1 amide bonds. The number of carbonyl (C=O) groups is 1. The van der Waals surface area contributed by atoms with Crippen LogP contribution in [0.1, 0.15) is 18.7 Å². The summed E-state index contributed by atoms with van der Waals surface area (Å²) in [5, 5.41) is 0.744. The topological polar surface area (TPSA) is 70.4 Å². The Hall–Kier alpha value is -3.13. The first-order valence-electron chi connectivity index (χ1n) is 11.4. The fourth-order valence-corrected chi connectivity index (χ4v) is 4.84. The Kier molecular flexibility index (Phi) is 6.17. The van der Waals surface area contributed by atoms with E-state index in [1.165, 1.54) is 0 Å². The van der Waals surface area contributed by atoms with Crippen LogP contribution in [0.5, 0.6) is 0 Å². The van der Waals surface area contributed by atoms with Crippen LogP contribution in [0.3, 0.4) is 0 Å². The second-order valence-corrected chi connectivity index (χ2v) is 9.07. The maximum atomic E-state index is 13.2. The van der Waals surface area contributed by atoms with Gasteiger partial charge in [0.05, 0.1) is 0 Å². The van der Waals surface area contributed by atoms with E-state index in [4.69, 9.17) is 11.6 Å². The molecular weight excluding hydrogens is 438 g/mol. The van der Waals surface area contributed by atoms with Crippen molar-refractivity contribution in [1.82, 2.24) is 24.4 Å². The third kappa shape index (κ3) is 4.66. The summed E-state index contributed by atoms with van der Waals surface area (Å²) in [6, 6.07) is 9.91. The fraction of sp³-hybridized carbons (Fsp3) is 0.417. The zero-order chi connectivity index (χ0) is 22.8. The van der Waals surface area contributed by atoms with Crippen molar-refractivity contribution in [3.8, 4) is 5.82 Å². The molecule has 0 N–H and O–H groups in total. The fourth-order valence-electron chi connectivity index (χ4n) is 4.71. The molecule has 8 nitrogen and oxygen atoms in total. The molecule has 3 aromatic rings. The van der Waals surface area contributed by atoms with Gasteiger partial charge in [0.2, 0.25) is 5.91 Å². The normalized spacial score (nSPS) is 17.5. The quantitative estimate of drug-likeness (QED) is 0.589. The van der Waals surface area contributed by atoms with Gasteiger partial charge in [0.15, 0.2) is 0 Å². The number of hydrogen-bond acceptors (Lipinski definition) is 6. The number of imidazole rings is 1. The first kappa shape index (κ1) is 21.7. The summed E-state index contributed by atoms with van der Waals surface area (Å²) in [6.45, 7) is 6.82. The van der Waals surface area contributed by atoms with Crippen molar-refractivity contribution in [1.29, 1.82) is 0 Å². The Labute approximate surface area is 198 Å². The van der Waals surface area contributed by atoms with Gasteiger partial charge in [0.1, 0.15) is 23.8 Å². The van der Waals surface area contributed by atoms with Crippen LogP contribution >= 0.6 is 11.6 Å². The predicted molar refractivity (Wildman–Crippen MR) is 129 cm³/mol. The molecule has 2 aliphatic rings. The van der Waals surface area contributed by atoms with E-state index in [0.29, 0.717) is 5.91 Å². The van der Waals surface area contributed by atoms with Crippen molar-refractivity contribution in [3.05, 3.63) is 59.9 Å². The molecule has 0 aliphatic carbocycles. The van der Waals surface area contributed by atoms with Crippen molar-refractivity contribution in [2.75, 3.05) is 49.1 Å². The first-order chi connectivity index (χ1) is 16.1. The first-order valence-corrected chi connectivity index (χ1v) is 11.8. The minimum absolute atomic E-state index is 0.0838. The van der Waals surface area contributed by atoms with E-state index in [1.54, 1.807) is 12.5 Å². The van der Waals surface area contributed by atoms with Crippen LogP contribution in [0.2, 0.25) is 5.02 Å². The van der Waals surface area contributed by atoms with Crippen LogP contribution in [0.4, 0.5) is 11.5 Å². The standard InChI is InChI=1S/C24H28ClN7O/c1-18-26-8-11-32(18)23-16-22(27-17-28-23)30-9-6-19(7-10-30)24(33)31-14-12-29(13-15-31)21-4-2-20(25)3-5-21/h2-5,8,11,16-17,19H,6-7,9-10,12-15H2,1H3. The number of nitrogens with zero attached hydrogens (tertiary/aromatic N) is 7. The van der Waals surface area contributed by atoms with E-state index in [2.05, 4.69) is 24.8 Å². The maximum absolute atomic E-state index is 13.2. The summed E-state index contributed by atoms with van der Waals surface area (Å²) >= 11 is 6.00. The number of halogens is 1. The summed E-state index contributed by atoms with van der Waals surface area (Å²) in [7, 11) is 0. The summed E-state index contributed by atoms with van der Waals surface area (Å²) in [4.78, 5) is 32.9. The lowest BCUT2D eigenvalue weighted by Gasteiger charge is -2.39. The molecule has 0 atom stereocenters. The van der Waals surface area contributed by atoms with Crippen LogP contribution in [-0.4, -0.2) is 69.6 Å². The van der Waals surface area contributed by atoms with Crippen molar-refractivity contribution >= 4 is 29.0 Å². The van der Waals surface area contributed by atoms with E-state index in [1.807, 2.05) is 52.9 Å². The van der Waals surface area contributed by atoms with E-state index in [9.17, 15) is 4.79 Å². The van der Waals surface area contributed by atoms with E-state index >= 15 is 0 Å². The number of anilines is 2. The molecule has 2 aromatic heterocycles. The number of piperidine rings is 1. The highest BCUT2D eigenvalue weighted by atomic mass is 35.5. The van der Waals surface area contributed by atoms with E-state index in [0.717, 1.165) is 80.3 Å². The maximum Gasteiger partial charge on any atom is 0.225 e. The Morgan fingerprint density at radius 3 is 2.27 bits per heavy atom. The van der Waals surface area contributed by atoms with Crippen LogP contribution in [0.15, 0.2) is 49.1 Å². The van der Waals surface area contributed by atoms with Crippen LogP contribution in [0.25, 0.3) is 5.82 Å². The molecule has 2 aliphatic heterocycles. The number of aryl methyl sites for hydroxylation is 1. The smallest absolute Gasteiger partial charge is 0.225 e. The minimum atomic E-state index is 0.0838. The number of benzene rings is 1. The summed E-state index contributed by atoms with van der Waals surface area (Å²) in [6.07, 6.45) is 6.96. The molecule has 9 heteroatoms. The number of carbonyl (C=O) groups excluding carboxylic acids is 1. The Morgan fingerprint density at radius 1 is 0.909 bits per heavy atom. The van der Waals surface area contributed by atoms with Crippen molar-refractivity contribution in [2.24, 2.45) is 5.92 Å². The Morgan fingerprint density at radius 2 is 1.61 bits per heavy atom. The molecular formula is C24H28ClN7O. The van der Waals surface area contributed by atoms with Crippen molar-refractivity contribution in [3.63, 3.8) is 0 Å². The van der Waals surface area contributed by atoms with E-state index < -0.39 is 0 Å². The predicted octanol–water partition coefficient (Wildman–Crippen LogP) is 3.19. The summed E-state index contributed by atoms with van der Waals surface area (Å²) in [5.41, 5.74) is 1.16. The zero-order valence-corrected chi connectivity index (χ0v) is 19.5. The van der Waals surface area contributed by atoms with Gasteiger partial charge in [-0.3, -0.25) is 9.36 Å². The highest BCUT2D eigenvalue weighted by Crippen LogP contribution is 2.26. The lowest BCUT2D eigenvalue weighted by molar-refractivity contribution is -0.136. The lowest BCUT2D eigenvalue weighted by atomic mass is 9.95. The largest absolute Gasteiger partial charge is 0.368 e. The van der Waals surface area contributed by atoms with Crippen LogP contribution in [0, 0.1) is 12.8 Å². The van der Waals surface area contributed by atoms with Crippen molar-refractivity contribution < 1.29 is 4.79 Å². The molecule has 2 fully saturated rings. The molecule has 1 aromatic carbocycles. The van der Waals surface area contributed by atoms with Gasteiger partial charge < -0.3 is 14.7 Å². The average Bonchev–Trinajstić information content (AvgIpc) is 3.30. The molecule has 5 rings (SSSR count). The second-order valence-electron chi connectivity index (χ2n) is 8.63. The molecule has 33 heavy (non-hydrogen) atoms. The van der Waals surface area contributed by atoms with Gasteiger partial charge in [0.25, 0.3) is 0 Å². The zero-order valence-electron chi connectivity index (χ0n) is 18.8. The highest BCUT2D eigenvalue weighted by Gasteiger charge is 2.31. The SMILES string of the molecule is Cc1nccn1-c1cc(N2CCC(C(=O)N3CCN(c4ccc(Cl)cc4)CC3)CC2)ncn1. The number of piperazine rings is 1. The van der Waals surface area contributed by atoms with Gasteiger partial charge >= 0.3 is 0 Å². The van der Waals surface area contributed by atoms with Gasteiger partial charge in [-0.25, -0.2) is 15.0 Å². The number of amides is 1. The minimum Gasteiger partial charge on any atom is -0.368 e. The van der Waals surface area contributed by atoms with Gasteiger partial charge in [-0.2, -0.15) is 0 Å². The van der Waals surface area contributed by atoms with Crippen LogP contribution in [-0.2, 0) is 4.79 Å². The molecule has 0 spiro atoms.